The van der Waals surface area contributed by atoms with E-state index in [1.165, 1.54) is 10.6 Å². The molecule has 0 saturated carbocycles. The van der Waals surface area contributed by atoms with E-state index < -0.39 is 6.04 Å². The van der Waals surface area contributed by atoms with Gasteiger partial charge in [-0.05, 0) is 36.6 Å². The van der Waals surface area contributed by atoms with E-state index in [9.17, 15) is 9.59 Å². The monoisotopic (exact) mass is 440 g/mol. The molecule has 3 heterocycles. The first kappa shape index (κ1) is 20.1. The molecule has 1 amide bonds. The topological polar surface area (TPSA) is 90.0 Å². The summed E-state index contributed by atoms with van der Waals surface area (Å²) in [6.45, 7) is 2.08. The van der Waals surface area contributed by atoms with E-state index in [-0.39, 0.29) is 17.4 Å². The van der Waals surface area contributed by atoms with E-state index in [2.05, 4.69) is 15.5 Å². The second-order valence-electron chi connectivity index (χ2n) is 6.54. The number of halogens is 1. The number of carbonyl (C=O) groups excluding carboxylic acids is 1. The number of carbonyl (C=O) groups is 1. The van der Waals surface area contributed by atoms with Crippen molar-refractivity contribution >= 4 is 28.8 Å². The number of nitrogens with zero attached hydrogens (tertiary/aromatic N) is 3. The van der Waals surface area contributed by atoms with E-state index in [1.54, 1.807) is 42.7 Å². The van der Waals surface area contributed by atoms with Gasteiger partial charge in [0.15, 0.2) is 0 Å². The zero-order valence-electron chi connectivity index (χ0n) is 15.9. The largest absolute Gasteiger partial charge is 0.349 e. The van der Waals surface area contributed by atoms with Crippen LogP contribution in [0.5, 0.6) is 0 Å². The van der Waals surface area contributed by atoms with Crippen LogP contribution in [0, 0.1) is 0 Å². The van der Waals surface area contributed by atoms with Crippen molar-refractivity contribution < 1.29 is 9.32 Å². The first-order valence-electron chi connectivity index (χ1n) is 9.14. The molecule has 0 spiro atoms. The number of hydrogen-bond donors (Lipinski definition) is 1. The van der Waals surface area contributed by atoms with Gasteiger partial charge in [-0.3, -0.25) is 9.59 Å². The lowest BCUT2D eigenvalue weighted by Gasteiger charge is -2.15. The maximum Gasteiger partial charge on any atom is 0.259 e. The Morgan fingerprint density at radius 1 is 1.23 bits per heavy atom. The summed E-state index contributed by atoms with van der Waals surface area (Å²) in [5, 5.41) is 9.27. The van der Waals surface area contributed by atoms with Gasteiger partial charge in [-0.15, -0.1) is 11.3 Å². The average molecular weight is 441 g/mol. The first-order chi connectivity index (χ1) is 14.5. The summed E-state index contributed by atoms with van der Waals surface area (Å²) in [5.41, 5.74) is 0.866. The van der Waals surface area contributed by atoms with Crippen molar-refractivity contribution in [3.8, 4) is 22.8 Å². The van der Waals surface area contributed by atoms with Gasteiger partial charge < -0.3 is 14.4 Å². The minimum Gasteiger partial charge on any atom is -0.349 e. The molecule has 1 unspecified atom stereocenters. The number of thiophene rings is 1. The van der Waals surface area contributed by atoms with Crippen LogP contribution in [0.3, 0.4) is 0 Å². The molecule has 4 rings (SSSR count). The van der Waals surface area contributed by atoms with E-state index in [1.807, 2.05) is 29.6 Å². The fourth-order valence-electron chi connectivity index (χ4n) is 2.89. The lowest BCUT2D eigenvalue weighted by molar-refractivity contribution is -0.124. The van der Waals surface area contributed by atoms with Crippen molar-refractivity contribution in [1.29, 1.82) is 0 Å². The van der Waals surface area contributed by atoms with Crippen LogP contribution in [0.2, 0.25) is 5.02 Å². The molecule has 0 aliphatic heterocycles. The van der Waals surface area contributed by atoms with Crippen LogP contribution in [0.4, 0.5) is 0 Å². The molecule has 152 valence electrons. The quantitative estimate of drug-likeness (QED) is 0.486. The molecular formula is C21H17ClN4O3S. The second kappa shape index (κ2) is 8.64. The summed E-state index contributed by atoms with van der Waals surface area (Å²) in [6.07, 6.45) is 1.54. The number of rotatable bonds is 6. The van der Waals surface area contributed by atoms with Crippen LogP contribution in [0.15, 0.2) is 69.4 Å². The fourth-order valence-corrected chi connectivity index (χ4v) is 3.75. The third kappa shape index (κ3) is 4.19. The van der Waals surface area contributed by atoms with Crippen LogP contribution in [-0.4, -0.2) is 20.6 Å². The van der Waals surface area contributed by atoms with Gasteiger partial charge in [0.2, 0.25) is 11.7 Å². The molecule has 7 nitrogen and oxygen atoms in total. The molecule has 0 saturated heterocycles. The molecule has 4 aromatic rings. The molecule has 1 atom stereocenters. The van der Waals surface area contributed by atoms with Crippen LogP contribution >= 0.6 is 22.9 Å². The van der Waals surface area contributed by atoms with E-state index in [0.29, 0.717) is 28.5 Å². The number of amides is 1. The van der Waals surface area contributed by atoms with Crippen LogP contribution in [0.1, 0.15) is 17.8 Å². The summed E-state index contributed by atoms with van der Waals surface area (Å²) in [4.78, 5) is 30.3. The Kier molecular flexibility index (Phi) is 5.78. The zero-order chi connectivity index (χ0) is 21.1. The predicted molar refractivity (Wildman–Crippen MR) is 115 cm³/mol. The van der Waals surface area contributed by atoms with Gasteiger partial charge in [0, 0.05) is 22.7 Å². The van der Waals surface area contributed by atoms with Crippen molar-refractivity contribution in [1.82, 2.24) is 20.0 Å². The number of aromatic nitrogens is 3. The number of pyridine rings is 1. The highest BCUT2D eigenvalue weighted by molar-refractivity contribution is 7.09. The summed E-state index contributed by atoms with van der Waals surface area (Å²) >= 11 is 7.75. The molecule has 0 fully saturated rings. The van der Waals surface area contributed by atoms with Crippen molar-refractivity contribution in [2.75, 3.05) is 0 Å². The molecule has 30 heavy (non-hydrogen) atoms. The van der Waals surface area contributed by atoms with Crippen LogP contribution < -0.4 is 10.9 Å². The van der Waals surface area contributed by atoms with Crippen LogP contribution in [-0.2, 0) is 11.3 Å². The highest BCUT2D eigenvalue weighted by Gasteiger charge is 2.19. The maximum atomic E-state index is 12.5. The van der Waals surface area contributed by atoms with Gasteiger partial charge in [0.1, 0.15) is 6.04 Å². The van der Waals surface area contributed by atoms with Gasteiger partial charge in [0.05, 0.1) is 17.1 Å². The van der Waals surface area contributed by atoms with E-state index in [0.717, 1.165) is 4.88 Å². The molecule has 1 N–H and O–H groups in total. The zero-order valence-corrected chi connectivity index (χ0v) is 17.5. The Morgan fingerprint density at radius 3 is 2.83 bits per heavy atom. The summed E-state index contributed by atoms with van der Waals surface area (Å²) < 4.78 is 6.70. The Bertz CT molecular complexity index is 1230. The minimum absolute atomic E-state index is 0.227. The third-order valence-electron chi connectivity index (χ3n) is 4.54. The Hall–Kier alpha value is -3.23. The summed E-state index contributed by atoms with van der Waals surface area (Å²) in [7, 11) is 0. The summed E-state index contributed by atoms with van der Waals surface area (Å²) in [6, 6.07) is 13.3. The number of benzene rings is 1. The van der Waals surface area contributed by atoms with Crippen molar-refractivity contribution in [3.05, 3.63) is 80.4 Å². The molecule has 0 bridgehead atoms. The molecule has 0 aliphatic carbocycles. The van der Waals surface area contributed by atoms with Crippen molar-refractivity contribution in [2.45, 2.75) is 19.5 Å². The average Bonchev–Trinajstić information content (AvgIpc) is 3.44. The predicted octanol–water partition coefficient (Wildman–Crippen LogP) is 4.16. The van der Waals surface area contributed by atoms with E-state index in [4.69, 9.17) is 16.1 Å². The third-order valence-corrected chi connectivity index (χ3v) is 5.75. The SMILES string of the molecule is CC(C(=O)NCc1cccs1)n1cc(-c2nc(-c3ccccc3Cl)no2)ccc1=O. The summed E-state index contributed by atoms with van der Waals surface area (Å²) in [5.74, 6) is 0.310. The first-order valence-corrected chi connectivity index (χ1v) is 10.4. The van der Waals surface area contributed by atoms with Gasteiger partial charge >= 0.3 is 0 Å². The van der Waals surface area contributed by atoms with Gasteiger partial charge in [0.25, 0.3) is 11.4 Å². The molecular weight excluding hydrogens is 424 g/mol. The minimum atomic E-state index is -0.705. The standard InChI is InChI=1S/C21H17ClN4O3S/c1-13(20(28)23-11-15-5-4-10-30-15)26-12-14(8-9-18(26)27)21-24-19(25-29-21)16-6-2-3-7-17(16)22/h2-10,12-13H,11H2,1H3,(H,23,28). The van der Waals surface area contributed by atoms with Crippen LogP contribution in [0.25, 0.3) is 22.8 Å². The maximum absolute atomic E-state index is 12.5. The Labute approximate surface area is 180 Å². The normalized spacial score (nSPS) is 11.9. The van der Waals surface area contributed by atoms with Gasteiger partial charge in [-0.2, -0.15) is 4.98 Å². The second-order valence-corrected chi connectivity index (χ2v) is 7.98. The number of hydrogen-bond acceptors (Lipinski definition) is 6. The van der Waals surface area contributed by atoms with E-state index >= 15 is 0 Å². The smallest absolute Gasteiger partial charge is 0.259 e. The fraction of sp³-hybridized carbons (Fsp3) is 0.143. The van der Waals surface area contributed by atoms with Crippen molar-refractivity contribution in [3.63, 3.8) is 0 Å². The van der Waals surface area contributed by atoms with Crippen molar-refractivity contribution in [2.24, 2.45) is 0 Å². The lowest BCUT2D eigenvalue weighted by atomic mass is 10.2. The highest BCUT2D eigenvalue weighted by Crippen LogP contribution is 2.27. The highest BCUT2D eigenvalue weighted by atomic mass is 35.5. The molecule has 0 aliphatic rings. The van der Waals surface area contributed by atoms with Gasteiger partial charge in [-0.1, -0.05) is 35.0 Å². The number of nitrogens with one attached hydrogen (secondary N) is 1. The van der Waals surface area contributed by atoms with Gasteiger partial charge in [-0.25, -0.2) is 0 Å². The lowest BCUT2D eigenvalue weighted by Crippen LogP contribution is -2.35. The Morgan fingerprint density at radius 2 is 2.07 bits per heavy atom. The molecule has 3 aromatic heterocycles. The Balaban J connectivity index is 1.57. The molecule has 9 heteroatoms. The molecule has 0 radical (unpaired) electrons. The molecule has 1 aromatic carbocycles.